The minimum Gasteiger partial charge on any atom is -0.410 e. The Morgan fingerprint density at radius 2 is 2.05 bits per heavy atom. The Bertz CT molecular complexity index is 516. The van der Waals surface area contributed by atoms with Gasteiger partial charge < -0.3 is 10.1 Å². The van der Waals surface area contributed by atoms with Crippen molar-refractivity contribution in [1.82, 2.24) is 5.32 Å². The van der Waals surface area contributed by atoms with Gasteiger partial charge in [-0.3, -0.25) is 9.63 Å². The molecule has 0 bridgehead atoms. The first-order chi connectivity index (χ1) is 9.94. The van der Waals surface area contributed by atoms with Crippen molar-refractivity contribution in [2.24, 2.45) is 0 Å². The number of carbonyl (C=O) groups is 2. The second-order valence-electron chi connectivity index (χ2n) is 4.67. The van der Waals surface area contributed by atoms with Gasteiger partial charge >= 0.3 is 6.09 Å². The van der Waals surface area contributed by atoms with Crippen LogP contribution in [0.5, 0.6) is 5.75 Å². The Hall–Kier alpha value is -2.08. The molecule has 1 aromatic rings. The van der Waals surface area contributed by atoms with Gasteiger partial charge in [0.05, 0.1) is 12.8 Å². The Morgan fingerprint density at radius 1 is 1.38 bits per heavy atom. The van der Waals surface area contributed by atoms with Crippen LogP contribution in [0.1, 0.15) is 38.7 Å². The molecule has 0 aliphatic carbocycles. The van der Waals surface area contributed by atoms with E-state index in [1.807, 2.05) is 13.8 Å². The van der Waals surface area contributed by atoms with Crippen LogP contribution in [0.2, 0.25) is 0 Å². The molecule has 0 heterocycles. The second-order valence-corrected chi connectivity index (χ2v) is 4.67. The van der Waals surface area contributed by atoms with E-state index in [2.05, 4.69) is 5.32 Å². The van der Waals surface area contributed by atoms with E-state index in [9.17, 15) is 9.59 Å². The summed E-state index contributed by atoms with van der Waals surface area (Å²) in [7, 11) is 2.93. The molecule has 1 atom stereocenters. The molecule has 0 aliphatic rings. The molecule has 1 unspecified atom stereocenters. The van der Waals surface area contributed by atoms with Gasteiger partial charge in [-0.05, 0) is 36.1 Å². The Kier molecular flexibility index (Phi) is 6.17. The molecule has 1 rings (SSSR count). The Balaban J connectivity index is 3.23. The van der Waals surface area contributed by atoms with Gasteiger partial charge in [-0.2, -0.15) is 5.06 Å². The Labute approximate surface area is 125 Å². The largest absolute Gasteiger partial charge is 0.412 e. The molecule has 2 amide bonds. The minimum atomic E-state index is -0.525. The molecule has 1 N–H and O–H groups in total. The first kappa shape index (κ1) is 17.0. The lowest BCUT2D eigenvalue weighted by Crippen LogP contribution is -2.27. The number of rotatable bonds is 5. The lowest BCUT2D eigenvalue weighted by atomic mass is 9.97. The summed E-state index contributed by atoms with van der Waals surface area (Å²) < 4.78 is 5.25. The van der Waals surface area contributed by atoms with Crippen LogP contribution in [0.3, 0.4) is 0 Å². The number of carbonyl (C=O) groups excluding carboxylic acids is 2. The van der Waals surface area contributed by atoms with Crippen LogP contribution < -0.4 is 15.1 Å². The molecule has 0 aliphatic heterocycles. The fourth-order valence-electron chi connectivity index (χ4n) is 1.93. The van der Waals surface area contributed by atoms with Crippen molar-refractivity contribution in [3.63, 3.8) is 0 Å². The third-order valence-corrected chi connectivity index (χ3v) is 3.25. The fraction of sp³-hybridized carbons (Fsp3) is 0.467. The third kappa shape index (κ3) is 4.19. The van der Waals surface area contributed by atoms with Crippen LogP contribution in [-0.2, 0) is 9.63 Å². The summed E-state index contributed by atoms with van der Waals surface area (Å²) in [5, 5.41) is 3.60. The number of hydrogen-bond acceptors (Lipinski definition) is 4. The normalized spacial score (nSPS) is 11.7. The first-order valence-corrected chi connectivity index (χ1v) is 6.82. The molecule has 6 heteroatoms. The zero-order valence-corrected chi connectivity index (χ0v) is 13.1. The lowest BCUT2D eigenvalue weighted by molar-refractivity contribution is -0.122. The molecule has 116 valence electrons. The van der Waals surface area contributed by atoms with Crippen molar-refractivity contribution in [2.75, 3.05) is 19.2 Å². The fourth-order valence-corrected chi connectivity index (χ4v) is 1.93. The maximum Gasteiger partial charge on any atom is 0.412 e. The van der Waals surface area contributed by atoms with Gasteiger partial charge in [0.1, 0.15) is 5.75 Å². The third-order valence-electron chi connectivity index (χ3n) is 3.25. The van der Waals surface area contributed by atoms with Gasteiger partial charge in [0.15, 0.2) is 0 Å². The highest BCUT2D eigenvalue weighted by Crippen LogP contribution is 2.33. The van der Waals surface area contributed by atoms with Crippen LogP contribution >= 0.6 is 0 Å². The molecule has 6 nitrogen and oxygen atoms in total. The van der Waals surface area contributed by atoms with E-state index in [1.165, 1.54) is 26.1 Å². The van der Waals surface area contributed by atoms with Crippen molar-refractivity contribution in [3.8, 4) is 5.75 Å². The van der Waals surface area contributed by atoms with E-state index < -0.39 is 6.09 Å². The quantitative estimate of drug-likeness (QED) is 0.848. The maximum absolute atomic E-state index is 11.5. The lowest BCUT2D eigenvalue weighted by Gasteiger charge is -2.21. The standard InChI is InChI=1S/C15H22N2O4/c1-6-10(2)13-9-12(17(20-5)11(3)18)7-8-14(13)21-15(19)16-4/h7-10H,6H2,1-5H3,(H,16,19). The number of anilines is 1. The van der Waals surface area contributed by atoms with Gasteiger partial charge in [0.25, 0.3) is 0 Å². The summed E-state index contributed by atoms with van der Waals surface area (Å²) in [6.07, 6.45) is 0.350. The van der Waals surface area contributed by atoms with Crippen molar-refractivity contribution >= 4 is 17.7 Å². The Morgan fingerprint density at radius 3 is 2.52 bits per heavy atom. The predicted molar refractivity (Wildman–Crippen MR) is 80.4 cm³/mol. The number of amides is 2. The highest BCUT2D eigenvalue weighted by Gasteiger charge is 2.18. The number of benzene rings is 1. The molecular formula is C15H22N2O4. The van der Waals surface area contributed by atoms with Crippen molar-refractivity contribution in [2.45, 2.75) is 33.1 Å². The molecule has 0 saturated carbocycles. The average molecular weight is 294 g/mol. The number of ether oxygens (including phenoxy) is 1. The van der Waals surface area contributed by atoms with Crippen molar-refractivity contribution in [3.05, 3.63) is 23.8 Å². The second kappa shape index (κ2) is 7.64. The molecule has 21 heavy (non-hydrogen) atoms. The predicted octanol–water partition coefficient (Wildman–Crippen LogP) is 2.83. The SMILES string of the molecule is CCC(C)c1cc(N(OC)C(C)=O)ccc1OC(=O)NC. The molecule has 0 radical (unpaired) electrons. The monoisotopic (exact) mass is 294 g/mol. The van der Waals surface area contributed by atoms with E-state index in [1.54, 1.807) is 18.2 Å². The number of nitrogens with one attached hydrogen (secondary N) is 1. The van der Waals surface area contributed by atoms with Gasteiger partial charge in [-0.1, -0.05) is 13.8 Å². The van der Waals surface area contributed by atoms with Crippen LogP contribution in [0, 0.1) is 0 Å². The van der Waals surface area contributed by atoms with E-state index in [0.717, 1.165) is 12.0 Å². The number of hydroxylamine groups is 1. The molecule has 0 spiro atoms. The van der Waals surface area contributed by atoms with E-state index in [0.29, 0.717) is 11.4 Å². The zero-order chi connectivity index (χ0) is 16.0. The van der Waals surface area contributed by atoms with Crippen molar-refractivity contribution < 1.29 is 19.2 Å². The van der Waals surface area contributed by atoms with Gasteiger partial charge in [0, 0.05) is 14.0 Å². The summed E-state index contributed by atoms with van der Waals surface area (Å²) in [6.45, 7) is 5.49. The average Bonchev–Trinajstić information content (AvgIpc) is 2.47. The van der Waals surface area contributed by atoms with Gasteiger partial charge in [-0.15, -0.1) is 0 Å². The van der Waals surface area contributed by atoms with Crippen molar-refractivity contribution in [1.29, 1.82) is 0 Å². The van der Waals surface area contributed by atoms with E-state index in [-0.39, 0.29) is 11.8 Å². The highest BCUT2D eigenvalue weighted by atomic mass is 16.7. The summed E-state index contributed by atoms with van der Waals surface area (Å²) in [5.74, 6) is 0.426. The summed E-state index contributed by atoms with van der Waals surface area (Å²) >= 11 is 0. The molecule has 1 aromatic carbocycles. The molecule has 0 aromatic heterocycles. The zero-order valence-electron chi connectivity index (χ0n) is 13.1. The van der Waals surface area contributed by atoms with Crippen LogP contribution in [0.15, 0.2) is 18.2 Å². The van der Waals surface area contributed by atoms with Gasteiger partial charge in [-0.25, -0.2) is 4.79 Å². The minimum absolute atomic E-state index is 0.176. The topological polar surface area (TPSA) is 67.9 Å². The summed E-state index contributed by atoms with van der Waals surface area (Å²) in [4.78, 5) is 28.0. The molecule has 0 fully saturated rings. The van der Waals surface area contributed by atoms with Crippen LogP contribution in [-0.4, -0.2) is 26.2 Å². The van der Waals surface area contributed by atoms with E-state index >= 15 is 0 Å². The molecule has 0 saturated heterocycles. The van der Waals surface area contributed by atoms with Gasteiger partial charge in [0.2, 0.25) is 5.91 Å². The number of hydrogen-bond donors (Lipinski definition) is 1. The highest BCUT2D eigenvalue weighted by molar-refractivity contribution is 5.89. The molecular weight excluding hydrogens is 272 g/mol. The number of nitrogens with zero attached hydrogens (tertiary/aromatic N) is 1. The summed E-state index contributed by atoms with van der Waals surface area (Å²) in [5.41, 5.74) is 1.45. The maximum atomic E-state index is 11.5. The smallest absolute Gasteiger partial charge is 0.410 e. The van der Waals surface area contributed by atoms with E-state index in [4.69, 9.17) is 9.57 Å². The van der Waals surface area contributed by atoms with Crippen LogP contribution in [0.4, 0.5) is 10.5 Å². The summed E-state index contributed by atoms with van der Waals surface area (Å²) in [6, 6.07) is 5.15. The first-order valence-electron chi connectivity index (χ1n) is 6.82. The van der Waals surface area contributed by atoms with Crippen LogP contribution in [0.25, 0.3) is 0 Å².